The van der Waals surface area contributed by atoms with E-state index in [2.05, 4.69) is 10.4 Å². The number of para-hydroxylation sites is 2. The maximum atomic E-state index is 14.3. The van der Waals surface area contributed by atoms with Crippen molar-refractivity contribution >= 4 is 17.5 Å². The van der Waals surface area contributed by atoms with E-state index in [1.807, 2.05) is 70.4 Å². The molecule has 2 heterocycles. The average Bonchev–Trinajstić information content (AvgIpc) is 3.25. The molecule has 5 rings (SSSR count). The Balaban J connectivity index is 1.58. The number of aromatic nitrogens is 2. The molecule has 0 bridgehead atoms. The Hall–Kier alpha value is -3.81. The maximum Gasteiger partial charge on any atom is 0.272 e. The van der Waals surface area contributed by atoms with Gasteiger partial charge in [-0.2, -0.15) is 5.10 Å². The first-order valence-corrected chi connectivity index (χ1v) is 13.4. The lowest BCUT2D eigenvalue weighted by molar-refractivity contribution is -0.132. The molecule has 2 atom stereocenters. The molecular weight excluding hydrogens is 480 g/mol. The Morgan fingerprint density at radius 2 is 1.76 bits per heavy atom. The summed E-state index contributed by atoms with van der Waals surface area (Å²) in [6, 6.07) is 12.3. The van der Waals surface area contributed by atoms with E-state index in [0.717, 1.165) is 36.8 Å². The predicted octanol–water partition coefficient (Wildman–Crippen LogP) is 4.71. The predicted molar refractivity (Wildman–Crippen MR) is 145 cm³/mol. The van der Waals surface area contributed by atoms with Gasteiger partial charge in [-0.3, -0.25) is 19.2 Å². The van der Waals surface area contributed by atoms with E-state index in [1.54, 1.807) is 15.6 Å². The minimum atomic E-state index is -0.916. The number of ether oxygens (including phenoxy) is 2. The van der Waals surface area contributed by atoms with Crippen molar-refractivity contribution in [2.45, 2.75) is 71.1 Å². The minimum absolute atomic E-state index is 0.0557. The van der Waals surface area contributed by atoms with Crippen LogP contribution >= 0.6 is 0 Å². The van der Waals surface area contributed by atoms with Crippen LogP contribution < -0.4 is 19.7 Å². The first-order chi connectivity index (χ1) is 18.3. The van der Waals surface area contributed by atoms with Gasteiger partial charge in [-0.25, -0.2) is 0 Å². The number of amides is 2. The number of hydrogen-bond donors (Lipinski definition) is 1. The third-order valence-electron chi connectivity index (χ3n) is 7.59. The molecule has 1 aliphatic heterocycles. The average molecular weight is 517 g/mol. The highest BCUT2D eigenvalue weighted by Gasteiger charge is 2.41. The molecule has 8 heteroatoms. The highest BCUT2D eigenvalue weighted by atomic mass is 16.6. The van der Waals surface area contributed by atoms with Crippen molar-refractivity contribution in [2.24, 2.45) is 7.05 Å². The van der Waals surface area contributed by atoms with Crippen molar-refractivity contribution in [3.63, 3.8) is 0 Å². The standard InChI is InChI=1S/C30H36N4O4/c1-19-14-15-23(16-20(19)2)34(30(36)27-18-37-25-12-8-9-13-26(25)38-27)28(24-17-33(4)32-21(24)3)29(35)31-22-10-6-5-7-11-22/h8-9,12-17,22,27-28H,5-7,10-11,18H2,1-4H3,(H,31,35)/t27-,28-/m1/s1. The molecule has 0 spiro atoms. The molecule has 1 aromatic heterocycles. The van der Waals surface area contributed by atoms with Crippen LogP contribution in [-0.4, -0.2) is 40.3 Å². The van der Waals surface area contributed by atoms with Crippen molar-refractivity contribution in [3.05, 3.63) is 71.0 Å². The van der Waals surface area contributed by atoms with Gasteiger partial charge in [0.05, 0.1) is 5.69 Å². The molecule has 38 heavy (non-hydrogen) atoms. The zero-order valence-electron chi connectivity index (χ0n) is 22.6. The van der Waals surface area contributed by atoms with Gasteiger partial charge in [-0.1, -0.05) is 37.5 Å². The molecule has 1 aliphatic carbocycles. The van der Waals surface area contributed by atoms with Crippen LogP contribution in [0.15, 0.2) is 48.7 Å². The smallest absolute Gasteiger partial charge is 0.272 e. The van der Waals surface area contributed by atoms with Crippen LogP contribution in [0.25, 0.3) is 0 Å². The van der Waals surface area contributed by atoms with Gasteiger partial charge in [0.1, 0.15) is 12.6 Å². The second-order valence-electron chi connectivity index (χ2n) is 10.4. The third kappa shape index (κ3) is 5.26. The van der Waals surface area contributed by atoms with Crippen LogP contribution in [-0.2, 0) is 16.6 Å². The van der Waals surface area contributed by atoms with Crippen molar-refractivity contribution < 1.29 is 19.1 Å². The summed E-state index contributed by atoms with van der Waals surface area (Å²) in [5, 5.41) is 7.77. The fourth-order valence-electron chi connectivity index (χ4n) is 5.39. The SMILES string of the molecule is Cc1ccc(N(C(=O)[C@H]2COc3ccccc3O2)[C@@H](C(=O)NC2CCCCC2)c2cn(C)nc2C)cc1C. The highest BCUT2D eigenvalue weighted by molar-refractivity contribution is 6.04. The first kappa shape index (κ1) is 25.8. The molecule has 1 N–H and O–H groups in total. The summed E-state index contributed by atoms with van der Waals surface area (Å²) in [5.41, 5.74) is 4.15. The summed E-state index contributed by atoms with van der Waals surface area (Å²) < 4.78 is 13.7. The van der Waals surface area contributed by atoms with Gasteiger partial charge < -0.3 is 14.8 Å². The second-order valence-corrected chi connectivity index (χ2v) is 10.4. The normalized spacial score (nSPS) is 18.1. The van der Waals surface area contributed by atoms with Crippen molar-refractivity contribution in [1.82, 2.24) is 15.1 Å². The molecule has 200 valence electrons. The molecule has 2 aromatic carbocycles. The number of nitrogens with one attached hydrogen (secondary N) is 1. The summed E-state index contributed by atoms with van der Waals surface area (Å²) in [5.74, 6) is 0.563. The van der Waals surface area contributed by atoms with E-state index >= 15 is 0 Å². The molecule has 0 unspecified atom stereocenters. The van der Waals surface area contributed by atoms with Gasteiger partial charge >= 0.3 is 0 Å². The Morgan fingerprint density at radius 1 is 1.03 bits per heavy atom. The summed E-state index contributed by atoms with van der Waals surface area (Å²) in [6.07, 6.45) is 6.17. The Kier molecular flexibility index (Phi) is 7.40. The number of rotatable bonds is 6. The zero-order chi connectivity index (χ0) is 26.8. The number of anilines is 1. The molecule has 2 aliphatic rings. The van der Waals surface area contributed by atoms with E-state index in [0.29, 0.717) is 28.4 Å². The van der Waals surface area contributed by atoms with E-state index < -0.39 is 12.1 Å². The first-order valence-electron chi connectivity index (χ1n) is 13.4. The van der Waals surface area contributed by atoms with E-state index in [1.165, 1.54) is 6.42 Å². The number of fused-ring (bicyclic) bond motifs is 1. The lowest BCUT2D eigenvalue weighted by Crippen LogP contribution is -2.52. The Morgan fingerprint density at radius 3 is 2.45 bits per heavy atom. The molecule has 3 aromatic rings. The molecule has 2 amide bonds. The number of nitrogens with zero attached hydrogens (tertiary/aromatic N) is 3. The van der Waals surface area contributed by atoms with Gasteiger partial charge in [0.15, 0.2) is 11.5 Å². The number of benzene rings is 2. The quantitative estimate of drug-likeness (QED) is 0.513. The Bertz CT molecular complexity index is 1330. The third-order valence-corrected chi connectivity index (χ3v) is 7.59. The van der Waals surface area contributed by atoms with E-state index in [4.69, 9.17) is 9.47 Å². The maximum absolute atomic E-state index is 14.3. The lowest BCUT2D eigenvalue weighted by Gasteiger charge is -2.36. The Labute approximate surface area is 223 Å². The van der Waals surface area contributed by atoms with Crippen molar-refractivity contribution in [2.75, 3.05) is 11.5 Å². The fourth-order valence-corrected chi connectivity index (χ4v) is 5.39. The second kappa shape index (κ2) is 10.9. The van der Waals surface area contributed by atoms with Gasteiger partial charge in [-0.15, -0.1) is 0 Å². The van der Waals surface area contributed by atoms with Gasteiger partial charge in [0.2, 0.25) is 12.0 Å². The van der Waals surface area contributed by atoms with E-state index in [-0.39, 0.29) is 24.5 Å². The molecular formula is C30H36N4O4. The van der Waals surface area contributed by atoms with E-state index in [9.17, 15) is 9.59 Å². The molecule has 0 radical (unpaired) electrons. The van der Waals surface area contributed by atoms with Crippen LogP contribution in [0.4, 0.5) is 5.69 Å². The fraction of sp³-hybridized carbons (Fsp3) is 0.433. The van der Waals surface area contributed by atoms with Crippen LogP contribution in [0.3, 0.4) is 0 Å². The van der Waals surface area contributed by atoms with Crippen LogP contribution in [0.1, 0.15) is 60.5 Å². The van der Waals surface area contributed by atoms with Gasteiger partial charge in [0.25, 0.3) is 5.91 Å². The number of hydrogen-bond acceptors (Lipinski definition) is 5. The van der Waals surface area contributed by atoms with Gasteiger partial charge in [-0.05, 0) is 69.0 Å². The minimum Gasteiger partial charge on any atom is -0.485 e. The van der Waals surface area contributed by atoms with Crippen LogP contribution in [0, 0.1) is 20.8 Å². The van der Waals surface area contributed by atoms with Gasteiger partial charge in [0, 0.05) is 30.5 Å². The summed E-state index contributed by atoms with van der Waals surface area (Å²) >= 11 is 0. The van der Waals surface area contributed by atoms with Crippen LogP contribution in [0.5, 0.6) is 11.5 Å². The molecule has 1 fully saturated rings. The van der Waals surface area contributed by atoms with Crippen molar-refractivity contribution in [3.8, 4) is 11.5 Å². The van der Waals surface area contributed by atoms with Crippen molar-refractivity contribution in [1.29, 1.82) is 0 Å². The molecule has 0 saturated heterocycles. The molecule has 1 saturated carbocycles. The summed E-state index contributed by atoms with van der Waals surface area (Å²) in [4.78, 5) is 30.0. The summed E-state index contributed by atoms with van der Waals surface area (Å²) in [6.45, 7) is 5.96. The molecule has 8 nitrogen and oxygen atoms in total. The topological polar surface area (TPSA) is 85.7 Å². The number of carbonyl (C=O) groups is 2. The van der Waals surface area contributed by atoms with Crippen LogP contribution in [0.2, 0.25) is 0 Å². The number of aryl methyl sites for hydroxylation is 4. The number of carbonyl (C=O) groups excluding carboxylic acids is 2. The monoisotopic (exact) mass is 516 g/mol. The zero-order valence-corrected chi connectivity index (χ0v) is 22.6. The highest BCUT2D eigenvalue weighted by Crippen LogP contribution is 2.35. The summed E-state index contributed by atoms with van der Waals surface area (Å²) in [7, 11) is 1.82. The lowest BCUT2D eigenvalue weighted by atomic mass is 9.94. The largest absolute Gasteiger partial charge is 0.485 e.